The van der Waals surface area contributed by atoms with E-state index in [1.54, 1.807) is 0 Å². The Balaban J connectivity index is 0.00000187. The molecule has 0 aliphatic carbocycles. The standard InChI is InChI=1S/C22H28ClN7O.C2H6/c1-15-12-25-18(17(3)16(15)2)13-30(14-31)21-19(20(23)26-22(24)27-21)28(4)8-7-11-29-9-5-6-10-29;1-2/h5-6,9-10,12,14H,7-8,11,13H2,1-4H3,(H2,24,26,27);1-2H3. The molecule has 9 heteroatoms. The second-order valence-electron chi connectivity index (χ2n) is 7.61. The van der Waals surface area contributed by atoms with Gasteiger partial charge < -0.3 is 15.2 Å². The molecule has 3 heterocycles. The Bertz CT molecular complexity index is 1050. The third kappa shape index (κ3) is 6.44. The summed E-state index contributed by atoms with van der Waals surface area (Å²) in [6.45, 7) is 11.9. The fourth-order valence-electron chi connectivity index (χ4n) is 3.45. The SMILES string of the molecule is CC.Cc1cnc(CN(C=O)c2nc(N)nc(Cl)c2N(C)CCCn2cccc2)c(C)c1C. The first-order chi connectivity index (χ1) is 15.8. The van der Waals surface area contributed by atoms with E-state index in [1.807, 2.05) is 77.3 Å². The second kappa shape index (κ2) is 12.2. The molecule has 0 aliphatic rings. The summed E-state index contributed by atoms with van der Waals surface area (Å²) in [7, 11) is 1.91. The lowest BCUT2D eigenvalue weighted by atomic mass is 10.0. The summed E-state index contributed by atoms with van der Waals surface area (Å²) in [5.74, 6) is 0.386. The van der Waals surface area contributed by atoms with Crippen molar-refractivity contribution in [2.24, 2.45) is 0 Å². The van der Waals surface area contributed by atoms with Gasteiger partial charge in [-0.25, -0.2) is 0 Å². The number of aryl methyl sites for hydroxylation is 2. The monoisotopic (exact) mass is 471 g/mol. The third-order valence-corrected chi connectivity index (χ3v) is 5.78. The van der Waals surface area contributed by atoms with Crippen LogP contribution in [0.1, 0.15) is 42.7 Å². The number of hydrogen-bond acceptors (Lipinski definition) is 6. The van der Waals surface area contributed by atoms with Crippen molar-refractivity contribution < 1.29 is 4.79 Å². The molecule has 3 aromatic rings. The molecule has 0 fully saturated rings. The highest BCUT2D eigenvalue weighted by atomic mass is 35.5. The van der Waals surface area contributed by atoms with E-state index < -0.39 is 0 Å². The van der Waals surface area contributed by atoms with E-state index in [9.17, 15) is 4.79 Å². The number of carbonyl (C=O) groups excluding carboxylic acids is 1. The summed E-state index contributed by atoms with van der Waals surface area (Å²) in [6, 6.07) is 3.99. The molecule has 0 saturated heterocycles. The van der Waals surface area contributed by atoms with Crippen LogP contribution in [0.3, 0.4) is 0 Å². The molecule has 0 atom stereocenters. The number of nitrogens with zero attached hydrogens (tertiary/aromatic N) is 6. The van der Waals surface area contributed by atoms with Crippen molar-refractivity contribution in [1.82, 2.24) is 19.5 Å². The Morgan fingerprint density at radius 1 is 1.12 bits per heavy atom. The molecule has 8 nitrogen and oxygen atoms in total. The van der Waals surface area contributed by atoms with Gasteiger partial charge in [-0.1, -0.05) is 25.4 Å². The second-order valence-corrected chi connectivity index (χ2v) is 7.97. The van der Waals surface area contributed by atoms with Crippen LogP contribution < -0.4 is 15.5 Å². The lowest BCUT2D eigenvalue weighted by molar-refractivity contribution is -0.107. The smallest absolute Gasteiger partial charge is 0.223 e. The third-order valence-electron chi connectivity index (χ3n) is 5.52. The van der Waals surface area contributed by atoms with Gasteiger partial charge in [0.2, 0.25) is 12.4 Å². The molecule has 3 aromatic heterocycles. The van der Waals surface area contributed by atoms with Crippen molar-refractivity contribution >= 4 is 35.5 Å². The fourth-order valence-corrected chi connectivity index (χ4v) is 3.76. The maximum Gasteiger partial charge on any atom is 0.223 e. The van der Waals surface area contributed by atoms with Crippen LogP contribution in [0.5, 0.6) is 0 Å². The normalized spacial score (nSPS) is 10.4. The molecule has 178 valence electrons. The number of anilines is 3. The molecule has 0 bridgehead atoms. The van der Waals surface area contributed by atoms with Crippen molar-refractivity contribution in [3.8, 4) is 0 Å². The molecule has 1 amide bonds. The average Bonchev–Trinajstić information content (AvgIpc) is 3.31. The number of pyridine rings is 1. The number of rotatable bonds is 9. The van der Waals surface area contributed by atoms with Crippen LogP contribution in [0.4, 0.5) is 17.5 Å². The molecule has 0 unspecified atom stereocenters. The number of aromatic nitrogens is 4. The Hall–Kier alpha value is -3.13. The van der Waals surface area contributed by atoms with Crippen LogP contribution in [0, 0.1) is 20.8 Å². The zero-order valence-corrected chi connectivity index (χ0v) is 21.1. The summed E-state index contributed by atoms with van der Waals surface area (Å²) in [4.78, 5) is 28.5. The maximum atomic E-state index is 12.1. The van der Waals surface area contributed by atoms with Gasteiger partial charge in [-0.3, -0.25) is 14.7 Å². The Labute approximate surface area is 201 Å². The quantitative estimate of drug-likeness (QED) is 0.363. The molecule has 3 rings (SSSR count). The lowest BCUT2D eigenvalue weighted by Gasteiger charge is -2.27. The predicted molar refractivity (Wildman–Crippen MR) is 136 cm³/mol. The van der Waals surface area contributed by atoms with E-state index in [1.165, 1.54) is 4.90 Å². The highest BCUT2D eigenvalue weighted by molar-refractivity contribution is 6.32. The van der Waals surface area contributed by atoms with Crippen LogP contribution in [-0.2, 0) is 17.9 Å². The topological polar surface area (TPSA) is 93.2 Å². The van der Waals surface area contributed by atoms with E-state index >= 15 is 0 Å². The number of nitrogens with two attached hydrogens (primary N) is 1. The molecule has 0 radical (unpaired) electrons. The van der Waals surface area contributed by atoms with Gasteiger partial charge in [-0.2, -0.15) is 9.97 Å². The summed E-state index contributed by atoms with van der Waals surface area (Å²) < 4.78 is 2.11. The number of halogens is 1. The molecule has 0 aromatic carbocycles. The Morgan fingerprint density at radius 2 is 1.79 bits per heavy atom. The van der Waals surface area contributed by atoms with E-state index in [0.717, 1.165) is 41.8 Å². The Kier molecular flexibility index (Phi) is 9.66. The molecule has 0 spiro atoms. The van der Waals surface area contributed by atoms with Crippen molar-refractivity contribution in [3.05, 3.63) is 58.3 Å². The first-order valence-electron chi connectivity index (χ1n) is 11.1. The van der Waals surface area contributed by atoms with Gasteiger partial charge >= 0.3 is 0 Å². The number of amides is 1. The molecule has 0 aliphatic heterocycles. The van der Waals surface area contributed by atoms with Gasteiger partial charge in [0.1, 0.15) is 5.69 Å². The van der Waals surface area contributed by atoms with Gasteiger partial charge in [0, 0.05) is 38.7 Å². The summed E-state index contributed by atoms with van der Waals surface area (Å²) >= 11 is 6.45. The van der Waals surface area contributed by atoms with Gasteiger partial charge in [-0.15, -0.1) is 0 Å². The molecular weight excluding hydrogens is 438 g/mol. The molecule has 33 heavy (non-hydrogen) atoms. The molecule has 0 saturated carbocycles. The van der Waals surface area contributed by atoms with Crippen molar-refractivity contribution in [1.29, 1.82) is 0 Å². The number of nitrogen functional groups attached to an aromatic ring is 1. The van der Waals surface area contributed by atoms with E-state index in [2.05, 4.69) is 19.5 Å². The zero-order chi connectivity index (χ0) is 24.5. The number of hydrogen-bond donors (Lipinski definition) is 1. The van der Waals surface area contributed by atoms with Gasteiger partial charge in [0.15, 0.2) is 11.0 Å². The Morgan fingerprint density at radius 3 is 2.42 bits per heavy atom. The summed E-state index contributed by atoms with van der Waals surface area (Å²) in [5, 5.41) is 0.211. The van der Waals surface area contributed by atoms with E-state index in [-0.39, 0.29) is 17.6 Å². The van der Waals surface area contributed by atoms with Gasteiger partial charge in [0.25, 0.3) is 0 Å². The summed E-state index contributed by atoms with van der Waals surface area (Å²) in [5.41, 5.74) is 10.5. The first-order valence-corrected chi connectivity index (χ1v) is 11.5. The minimum absolute atomic E-state index is 0.0149. The van der Waals surface area contributed by atoms with Crippen LogP contribution in [0.15, 0.2) is 30.7 Å². The van der Waals surface area contributed by atoms with Crippen molar-refractivity contribution in [2.45, 2.75) is 54.1 Å². The van der Waals surface area contributed by atoms with E-state index in [0.29, 0.717) is 18.1 Å². The predicted octanol–water partition coefficient (Wildman–Crippen LogP) is 4.55. The van der Waals surface area contributed by atoms with Crippen LogP contribution >= 0.6 is 11.6 Å². The number of carbonyl (C=O) groups is 1. The van der Waals surface area contributed by atoms with Gasteiger partial charge in [-0.05, 0) is 56.0 Å². The lowest BCUT2D eigenvalue weighted by Crippen LogP contribution is -2.29. The molecular formula is C24H34ClN7O. The largest absolute Gasteiger partial charge is 0.369 e. The first kappa shape index (κ1) is 26.1. The van der Waals surface area contributed by atoms with Crippen molar-refractivity contribution in [2.75, 3.05) is 29.1 Å². The van der Waals surface area contributed by atoms with Gasteiger partial charge in [0.05, 0.1) is 12.2 Å². The minimum atomic E-state index is 0.0149. The summed E-state index contributed by atoms with van der Waals surface area (Å²) in [6.07, 6.45) is 7.47. The molecule has 2 N–H and O–H groups in total. The highest BCUT2D eigenvalue weighted by Gasteiger charge is 2.22. The fraction of sp³-hybridized carbons (Fsp3) is 0.417. The van der Waals surface area contributed by atoms with Crippen LogP contribution in [0.2, 0.25) is 5.15 Å². The average molecular weight is 472 g/mol. The van der Waals surface area contributed by atoms with Crippen LogP contribution in [-0.4, -0.2) is 39.5 Å². The highest BCUT2D eigenvalue weighted by Crippen LogP contribution is 2.34. The maximum absolute atomic E-state index is 12.1. The minimum Gasteiger partial charge on any atom is -0.369 e. The van der Waals surface area contributed by atoms with Crippen LogP contribution in [0.25, 0.3) is 0 Å². The zero-order valence-electron chi connectivity index (χ0n) is 20.3. The van der Waals surface area contributed by atoms with Crippen molar-refractivity contribution in [3.63, 3.8) is 0 Å². The van der Waals surface area contributed by atoms with E-state index in [4.69, 9.17) is 17.3 Å².